The van der Waals surface area contributed by atoms with Crippen LogP contribution in [-0.4, -0.2) is 19.7 Å². The molecule has 0 amide bonds. The zero-order valence-corrected chi connectivity index (χ0v) is 13.2. The summed E-state index contributed by atoms with van der Waals surface area (Å²) in [5.74, 6) is 0.383. The van der Waals surface area contributed by atoms with Crippen LogP contribution in [0.25, 0.3) is 10.8 Å². The first-order valence-electron chi connectivity index (χ1n) is 7.42. The van der Waals surface area contributed by atoms with Gasteiger partial charge in [0.2, 0.25) is 0 Å². The summed E-state index contributed by atoms with van der Waals surface area (Å²) in [6.45, 7) is 0. The van der Waals surface area contributed by atoms with Gasteiger partial charge in [-0.05, 0) is 41.1 Å². The van der Waals surface area contributed by atoms with Crippen molar-refractivity contribution in [3.63, 3.8) is 0 Å². The van der Waals surface area contributed by atoms with Gasteiger partial charge >= 0.3 is 6.36 Å². The second kappa shape index (κ2) is 6.84. The first-order chi connectivity index (χ1) is 12.0. The first kappa shape index (κ1) is 16.8. The van der Waals surface area contributed by atoms with Crippen LogP contribution in [0.3, 0.4) is 0 Å². The Kier molecular flexibility index (Phi) is 4.61. The molecule has 0 saturated carbocycles. The quantitative estimate of drug-likeness (QED) is 0.585. The summed E-state index contributed by atoms with van der Waals surface area (Å²) >= 11 is 0. The van der Waals surface area contributed by atoms with Gasteiger partial charge in [0, 0.05) is 11.8 Å². The molecule has 0 atom stereocenters. The van der Waals surface area contributed by atoms with Gasteiger partial charge in [-0.1, -0.05) is 30.3 Å². The summed E-state index contributed by atoms with van der Waals surface area (Å²) in [5, 5.41) is 2.02. The minimum atomic E-state index is -4.71. The Balaban J connectivity index is 1.90. The molecule has 3 nitrogen and oxygen atoms in total. The van der Waals surface area contributed by atoms with Crippen molar-refractivity contribution in [1.29, 1.82) is 0 Å². The number of fused-ring (bicyclic) bond motifs is 1. The maximum absolute atomic E-state index is 12.2. The minimum absolute atomic E-state index is 0.283. The zero-order chi connectivity index (χ0) is 17.9. The number of ether oxygens (including phenoxy) is 2. The Hall–Kier alpha value is -3.02. The SMILES string of the molecule is COc1ccc2ccccc2c1C=Nc1ccc(OC(F)(F)F)cc1. The lowest BCUT2D eigenvalue weighted by atomic mass is 10.0. The topological polar surface area (TPSA) is 30.8 Å². The standard InChI is InChI=1S/C19H14F3NO2/c1-24-18-11-6-13-4-2-3-5-16(13)17(18)12-23-14-7-9-15(10-8-14)25-19(20,21)22/h2-12H,1H3. The number of nitrogens with zero attached hydrogens (tertiary/aromatic N) is 1. The fourth-order valence-corrected chi connectivity index (χ4v) is 2.46. The van der Waals surface area contributed by atoms with Gasteiger partial charge in [-0.25, -0.2) is 0 Å². The zero-order valence-electron chi connectivity index (χ0n) is 13.2. The number of halogens is 3. The Morgan fingerprint density at radius 1 is 0.920 bits per heavy atom. The van der Waals surface area contributed by atoms with E-state index in [1.807, 2.05) is 36.4 Å². The van der Waals surface area contributed by atoms with Crippen LogP contribution in [0, 0.1) is 0 Å². The Morgan fingerprint density at radius 3 is 2.32 bits per heavy atom. The molecular formula is C19H14F3NO2. The Bertz CT molecular complexity index is 903. The molecule has 0 aliphatic heterocycles. The molecule has 0 saturated heterocycles. The van der Waals surface area contributed by atoms with E-state index in [-0.39, 0.29) is 5.75 Å². The lowest BCUT2D eigenvalue weighted by Crippen LogP contribution is -2.16. The highest BCUT2D eigenvalue weighted by Gasteiger charge is 2.30. The molecule has 0 spiro atoms. The maximum Gasteiger partial charge on any atom is 0.573 e. The molecule has 0 fully saturated rings. The van der Waals surface area contributed by atoms with Gasteiger partial charge < -0.3 is 9.47 Å². The average Bonchev–Trinajstić information content (AvgIpc) is 2.59. The van der Waals surface area contributed by atoms with Gasteiger partial charge in [0.05, 0.1) is 12.8 Å². The third-order valence-electron chi connectivity index (χ3n) is 3.56. The highest BCUT2D eigenvalue weighted by molar-refractivity contribution is 6.03. The van der Waals surface area contributed by atoms with Crippen LogP contribution in [0.5, 0.6) is 11.5 Å². The van der Waals surface area contributed by atoms with Gasteiger partial charge in [-0.2, -0.15) is 0 Å². The van der Waals surface area contributed by atoms with Crippen LogP contribution in [0.15, 0.2) is 65.7 Å². The molecule has 3 aromatic rings. The molecule has 25 heavy (non-hydrogen) atoms. The van der Waals surface area contributed by atoms with Crippen LogP contribution >= 0.6 is 0 Å². The maximum atomic E-state index is 12.2. The van der Waals surface area contributed by atoms with Crippen molar-refractivity contribution in [3.05, 3.63) is 66.2 Å². The summed E-state index contributed by atoms with van der Waals surface area (Å²) in [6, 6.07) is 17.0. The van der Waals surface area contributed by atoms with Crippen LogP contribution in [0.4, 0.5) is 18.9 Å². The van der Waals surface area contributed by atoms with Gasteiger partial charge in [-0.15, -0.1) is 13.2 Å². The summed E-state index contributed by atoms with van der Waals surface area (Å²) in [4.78, 5) is 4.33. The minimum Gasteiger partial charge on any atom is -0.496 e. The fourth-order valence-electron chi connectivity index (χ4n) is 2.46. The normalized spacial score (nSPS) is 11.8. The fraction of sp³-hybridized carbons (Fsp3) is 0.105. The van der Waals surface area contributed by atoms with Crippen LogP contribution < -0.4 is 9.47 Å². The third-order valence-corrected chi connectivity index (χ3v) is 3.56. The largest absolute Gasteiger partial charge is 0.573 e. The number of hydrogen-bond acceptors (Lipinski definition) is 3. The molecule has 0 radical (unpaired) electrons. The van der Waals surface area contributed by atoms with E-state index in [2.05, 4.69) is 9.73 Å². The summed E-state index contributed by atoms with van der Waals surface area (Å²) in [5.41, 5.74) is 1.31. The van der Waals surface area contributed by atoms with E-state index >= 15 is 0 Å². The molecule has 0 aliphatic rings. The van der Waals surface area contributed by atoms with Crippen molar-refractivity contribution in [1.82, 2.24) is 0 Å². The molecule has 3 aromatic carbocycles. The highest BCUT2D eigenvalue weighted by atomic mass is 19.4. The molecular weight excluding hydrogens is 331 g/mol. The second-order valence-electron chi connectivity index (χ2n) is 5.20. The number of benzene rings is 3. The molecule has 0 bridgehead atoms. The van der Waals surface area contributed by atoms with E-state index in [1.165, 1.54) is 24.3 Å². The predicted octanol–water partition coefficient (Wildman–Crippen LogP) is 5.50. The van der Waals surface area contributed by atoms with Crippen molar-refractivity contribution >= 4 is 22.7 Å². The van der Waals surface area contributed by atoms with Crippen molar-refractivity contribution in [3.8, 4) is 11.5 Å². The van der Waals surface area contributed by atoms with E-state index in [1.54, 1.807) is 13.3 Å². The molecule has 0 heterocycles. The molecule has 128 valence electrons. The van der Waals surface area contributed by atoms with Crippen molar-refractivity contribution in [2.75, 3.05) is 7.11 Å². The van der Waals surface area contributed by atoms with Gasteiger partial charge in [0.25, 0.3) is 0 Å². The lowest BCUT2D eigenvalue weighted by molar-refractivity contribution is -0.274. The molecule has 3 rings (SSSR count). The van der Waals surface area contributed by atoms with Crippen LogP contribution in [0.2, 0.25) is 0 Å². The summed E-state index contributed by atoms with van der Waals surface area (Å²) in [6.07, 6.45) is -3.07. The summed E-state index contributed by atoms with van der Waals surface area (Å²) in [7, 11) is 1.57. The number of alkyl halides is 3. The summed E-state index contributed by atoms with van der Waals surface area (Å²) < 4.78 is 45.8. The number of hydrogen-bond donors (Lipinski definition) is 0. The highest BCUT2D eigenvalue weighted by Crippen LogP contribution is 2.28. The second-order valence-corrected chi connectivity index (χ2v) is 5.20. The molecule has 6 heteroatoms. The number of rotatable bonds is 4. The third kappa shape index (κ3) is 4.09. The smallest absolute Gasteiger partial charge is 0.496 e. The molecule has 0 unspecified atom stereocenters. The monoisotopic (exact) mass is 345 g/mol. The van der Waals surface area contributed by atoms with Crippen molar-refractivity contribution in [2.45, 2.75) is 6.36 Å². The molecule has 0 aromatic heterocycles. The average molecular weight is 345 g/mol. The van der Waals surface area contributed by atoms with E-state index < -0.39 is 6.36 Å². The Morgan fingerprint density at radius 2 is 1.64 bits per heavy atom. The van der Waals surface area contributed by atoms with E-state index in [0.29, 0.717) is 11.4 Å². The van der Waals surface area contributed by atoms with E-state index in [0.717, 1.165) is 16.3 Å². The van der Waals surface area contributed by atoms with Crippen molar-refractivity contribution in [2.24, 2.45) is 4.99 Å². The Labute approximate surface area is 142 Å². The van der Waals surface area contributed by atoms with E-state index in [9.17, 15) is 13.2 Å². The predicted molar refractivity (Wildman–Crippen MR) is 90.9 cm³/mol. The van der Waals surface area contributed by atoms with E-state index in [4.69, 9.17) is 4.74 Å². The van der Waals surface area contributed by atoms with Gasteiger partial charge in [0.15, 0.2) is 0 Å². The molecule has 0 N–H and O–H groups in total. The van der Waals surface area contributed by atoms with Crippen LogP contribution in [-0.2, 0) is 0 Å². The van der Waals surface area contributed by atoms with Gasteiger partial charge in [0.1, 0.15) is 11.5 Å². The first-order valence-corrected chi connectivity index (χ1v) is 7.42. The van der Waals surface area contributed by atoms with Crippen LogP contribution in [0.1, 0.15) is 5.56 Å². The van der Waals surface area contributed by atoms with Gasteiger partial charge in [-0.3, -0.25) is 4.99 Å². The number of methoxy groups -OCH3 is 1. The number of aliphatic imine (C=N–C) groups is 1. The molecule has 0 aliphatic carbocycles. The van der Waals surface area contributed by atoms with Crippen molar-refractivity contribution < 1.29 is 22.6 Å². The lowest BCUT2D eigenvalue weighted by Gasteiger charge is -2.09.